The van der Waals surface area contributed by atoms with E-state index in [1.165, 1.54) is 0 Å². The van der Waals surface area contributed by atoms with Crippen molar-refractivity contribution in [2.24, 2.45) is 11.7 Å². The number of rotatable bonds is 3. The molecule has 0 radical (unpaired) electrons. The largest absolute Gasteiger partial charge is 0.330 e. The molecule has 1 aromatic carbocycles. The zero-order valence-corrected chi connectivity index (χ0v) is 11.8. The van der Waals surface area contributed by atoms with Crippen LogP contribution in [-0.4, -0.2) is 20.2 Å². The van der Waals surface area contributed by atoms with Crippen molar-refractivity contribution in [2.75, 3.05) is 6.54 Å². The first-order valence-electron chi connectivity index (χ1n) is 6.48. The van der Waals surface area contributed by atoms with E-state index in [1.54, 1.807) is 6.07 Å². The molecule has 2 atom stereocenters. The third-order valence-electron chi connectivity index (χ3n) is 3.93. The molecule has 1 aliphatic rings. The zero-order valence-electron chi connectivity index (χ0n) is 11.0. The monoisotopic (exact) mass is 267 g/mol. The molecule has 1 saturated carbocycles. The minimum atomic E-state index is -3.23. The highest BCUT2D eigenvalue weighted by Crippen LogP contribution is 2.35. The second kappa shape index (κ2) is 5.02. The van der Waals surface area contributed by atoms with Gasteiger partial charge in [-0.2, -0.15) is 0 Å². The van der Waals surface area contributed by atoms with Crippen LogP contribution in [0.2, 0.25) is 0 Å². The number of aryl methyl sites for hydroxylation is 2. The normalized spacial score (nSPS) is 24.4. The van der Waals surface area contributed by atoms with E-state index in [0.717, 1.165) is 30.4 Å². The van der Waals surface area contributed by atoms with Crippen LogP contribution in [0, 0.1) is 19.8 Å². The summed E-state index contributed by atoms with van der Waals surface area (Å²) in [5, 5.41) is -0.288. The van der Waals surface area contributed by atoms with Crippen LogP contribution in [0.15, 0.2) is 23.1 Å². The highest BCUT2D eigenvalue weighted by Gasteiger charge is 2.37. The Bertz CT molecular complexity index is 537. The standard InChI is InChI=1S/C14H21NO2S/c1-10-6-7-13(11(2)8-10)18(16,17)14-5-3-4-12(14)9-15/h6-8,12,14H,3-5,9,15H2,1-2H3. The number of hydrogen-bond acceptors (Lipinski definition) is 3. The van der Waals surface area contributed by atoms with Gasteiger partial charge in [0.2, 0.25) is 0 Å². The smallest absolute Gasteiger partial charge is 0.181 e. The van der Waals surface area contributed by atoms with Gasteiger partial charge in [-0.25, -0.2) is 8.42 Å². The van der Waals surface area contributed by atoms with Crippen LogP contribution >= 0.6 is 0 Å². The summed E-state index contributed by atoms with van der Waals surface area (Å²) in [4.78, 5) is 0.485. The third kappa shape index (κ3) is 2.31. The molecule has 0 aromatic heterocycles. The quantitative estimate of drug-likeness (QED) is 0.913. The van der Waals surface area contributed by atoms with Gasteiger partial charge in [-0.15, -0.1) is 0 Å². The van der Waals surface area contributed by atoms with Gasteiger partial charge in [-0.3, -0.25) is 0 Å². The fourth-order valence-electron chi connectivity index (χ4n) is 2.96. The number of sulfone groups is 1. The first-order chi connectivity index (χ1) is 8.46. The van der Waals surface area contributed by atoms with Crippen LogP contribution < -0.4 is 5.73 Å². The van der Waals surface area contributed by atoms with E-state index in [2.05, 4.69) is 0 Å². The van der Waals surface area contributed by atoms with E-state index in [4.69, 9.17) is 5.73 Å². The van der Waals surface area contributed by atoms with Gasteiger partial charge in [0.25, 0.3) is 0 Å². The van der Waals surface area contributed by atoms with Crippen molar-refractivity contribution in [3.8, 4) is 0 Å². The van der Waals surface area contributed by atoms with Crippen molar-refractivity contribution in [2.45, 2.75) is 43.3 Å². The minimum absolute atomic E-state index is 0.121. The molecule has 0 spiro atoms. The molecule has 2 rings (SSSR count). The summed E-state index contributed by atoms with van der Waals surface area (Å²) in [6.07, 6.45) is 2.65. The van der Waals surface area contributed by atoms with Crippen LogP contribution in [0.5, 0.6) is 0 Å². The molecule has 2 N–H and O–H groups in total. The van der Waals surface area contributed by atoms with Crippen molar-refractivity contribution in [1.29, 1.82) is 0 Å². The van der Waals surface area contributed by atoms with E-state index in [9.17, 15) is 8.42 Å². The van der Waals surface area contributed by atoms with Crippen LogP contribution in [0.1, 0.15) is 30.4 Å². The lowest BCUT2D eigenvalue weighted by molar-refractivity contribution is 0.523. The molecule has 3 nitrogen and oxygen atoms in total. The van der Waals surface area contributed by atoms with Crippen molar-refractivity contribution < 1.29 is 8.42 Å². The molecule has 1 aromatic rings. The van der Waals surface area contributed by atoms with E-state index >= 15 is 0 Å². The van der Waals surface area contributed by atoms with Crippen molar-refractivity contribution in [1.82, 2.24) is 0 Å². The summed E-state index contributed by atoms with van der Waals surface area (Å²) >= 11 is 0. The Morgan fingerprint density at radius 1 is 1.28 bits per heavy atom. The fraction of sp³-hybridized carbons (Fsp3) is 0.571. The van der Waals surface area contributed by atoms with Crippen LogP contribution in [-0.2, 0) is 9.84 Å². The molecule has 1 aliphatic carbocycles. The summed E-state index contributed by atoms with van der Waals surface area (Å²) in [5.74, 6) is 0.121. The van der Waals surface area contributed by atoms with Gasteiger partial charge in [0.1, 0.15) is 0 Å². The average Bonchev–Trinajstić information content (AvgIpc) is 2.76. The first kappa shape index (κ1) is 13.6. The van der Waals surface area contributed by atoms with Crippen LogP contribution in [0.3, 0.4) is 0 Å². The maximum atomic E-state index is 12.7. The summed E-state index contributed by atoms with van der Waals surface area (Å²) in [6, 6.07) is 5.54. The van der Waals surface area contributed by atoms with E-state index in [1.807, 2.05) is 26.0 Å². The third-order valence-corrected chi connectivity index (χ3v) is 6.42. The highest BCUT2D eigenvalue weighted by atomic mass is 32.2. The number of hydrogen-bond donors (Lipinski definition) is 1. The summed E-state index contributed by atoms with van der Waals surface area (Å²) in [6.45, 7) is 4.31. The second-order valence-electron chi connectivity index (χ2n) is 5.28. The summed E-state index contributed by atoms with van der Waals surface area (Å²) in [7, 11) is -3.23. The minimum Gasteiger partial charge on any atom is -0.330 e. The van der Waals surface area contributed by atoms with Crippen molar-refractivity contribution in [3.63, 3.8) is 0 Å². The van der Waals surface area contributed by atoms with Crippen molar-refractivity contribution in [3.05, 3.63) is 29.3 Å². The highest BCUT2D eigenvalue weighted by molar-refractivity contribution is 7.92. The first-order valence-corrected chi connectivity index (χ1v) is 8.02. The Labute approximate surface area is 109 Å². The lowest BCUT2D eigenvalue weighted by atomic mass is 10.1. The van der Waals surface area contributed by atoms with Crippen LogP contribution in [0.4, 0.5) is 0 Å². The molecule has 0 saturated heterocycles. The molecule has 0 bridgehead atoms. The Balaban J connectivity index is 2.42. The fourth-order valence-corrected chi connectivity index (χ4v) is 5.29. The van der Waals surface area contributed by atoms with Gasteiger partial charge in [-0.1, -0.05) is 24.1 Å². The SMILES string of the molecule is Cc1ccc(S(=O)(=O)C2CCCC2CN)c(C)c1. The van der Waals surface area contributed by atoms with E-state index < -0.39 is 9.84 Å². The Morgan fingerprint density at radius 2 is 2.00 bits per heavy atom. The lowest BCUT2D eigenvalue weighted by Gasteiger charge is -2.19. The average molecular weight is 267 g/mol. The molecular weight excluding hydrogens is 246 g/mol. The maximum Gasteiger partial charge on any atom is 0.181 e. The Morgan fingerprint density at radius 3 is 2.61 bits per heavy atom. The summed E-state index contributed by atoms with van der Waals surface area (Å²) in [5.41, 5.74) is 7.63. The van der Waals surface area contributed by atoms with Crippen LogP contribution in [0.25, 0.3) is 0 Å². The van der Waals surface area contributed by atoms with Gasteiger partial charge < -0.3 is 5.73 Å². The topological polar surface area (TPSA) is 60.2 Å². The molecule has 1 fully saturated rings. The van der Waals surface area contributed by atoms with Gasteiger partial charge in [0.15, 0.2) is 9.84 Å². The molecule has 2 unspecified atom stereocenters. The molecule has 100 valence electrons. The van der Waals surface area contributed by atoms with Gasteiger partial charge in [-0.05, 0) is 50.8 Å². The van der Waals surface area contributed by atoms with Gasteiger partial charge in [0.05, 0.1) is 10.1 Å². The lowest BCUT2D eigenvalue weighted by Crippen LogP contribution is -2.30. The molecular formula is C14H21NO2S. The zero-order chi connectivity index (χ0) is 13.3. The van der Waals surface area contributed by atoms with Crippen molar-refractivity contribution >= 4 is 9.84 Å². The predicted molar refractivity (Wildman–Crippen MR) is 73.3 cm³/mol. The Hall–Kier alpha value is -0.870. The number of benzene rings is 1. The second-order valence-corrected chi connectivity index (χ2v) is 7.41. The molecule has 0 aliphatic heterocycles. The predicted octanol–water partition coefficient (Wildman–Crippen LogP) is 2.20. The van der Waals surface area contributed by atoms with E-state index in [0.29, 0.717) is 11.4 Å². The molecule has 0 amide bonds. The maximum absolute atomic E-state index is 12.7. The Kier molecular flexibility index (Phi) is 3.78. The molecule has 4 heteroatoms. The number of nitrogens with two attached hydrogens (primary N) is 1. The van der Waals surface area contributed by atoms with E-state index in [-0.39, 0.29) is 11.2 Å². The van der Waals surface area contributed by atoms with Gasteiger partial charge in [0, 0.05) is 0 Å². The van der Waals surface area contributed by atoms with Gasteiger partial charge >= 0.3 is 0 Å². The molecule has 0 heterocycles. The molecule has 18 heavy (non-hydrogen) atoms. The summed E-state index contributed by atoms with van der Waals surface area (Å²) < 4.78 is 25.4.